The summed E-state index contributed by atoms with van der Waals surface area (Å²) >= 11 is 17.8. The van der Waals surface area contributed by atoms with Gasteiger partial charge in [-0.05, 0) is 25.1 Å². The van der Waals surface area contributed by atoms with Crippen LogP contribution >= 0.6 is 35.0 Å². The van der Waals surface area contributed by atoms with Crippen LogP contribution in [0.1, 0.15) is 6.92 Å². The van der Waals surface area contributed by atoms with Gasteiger partial charge in [-0.25, -0.2) is 4.79 Å². The minimum Gasteiger partial charge on any atom is -0.481 e. The summed E-state index contributed by atoms with van der Waals surface area (Å²) in [6.07, 6.45) is 1.13. The number of esters is 1. The predicted molar refractivity (Wildman–Crippen MR) is 79.7 cm³/mol. The molecule has 0 aliphatic rings. The first-order valence-electron chi connectivity index (χ1n) is 5.58. The molecule has 5 nitrogen and oxygen atoms in total. The fourth-order valence-corrected chi connectivity index (χ4v) is 1.99. The first-order chi connectivity index (χ1) is 9.47. The first kappa shape index (κ1) is 16.8. The van der Waals surface area contributed by atoms with Crippen molar-refractivity contribution in [3.05, 3.63) is 40.2 Å². The summed E-state index contributed by atoms with van der Waals surface area (Å²) < 4.78 is 10.8. The van der Waals surface area contributed by atoms with E-state index in [1.54, 1.807) is 19.1 Å². The normalized spacial score (nSPS) is 10.9. The number of hydrogen-bond donors (Lipinski definition) is 1. The zero-order valence-corrected chi connectivity index (χ0v) is 13.1. The molecule has 0 saturated carbocycles. The Kier molecular flexibility index (Phi) is 6.78. The van der Waals surface area contributed by atoms with E-state index < -0.39 is 5.97 Å². The minimum atomic E-state index is -0.552. The van der Waals surface area contributed by atoms with E-state index in [2.05, 4.69) is 5.43 Å². The summed E-state index contributed by atoms with van der Waals surface area (Å²) in [6, 6.07) is 4.78. The third kappa shape index (κ3) is 5.00. The van der Waals surface area contributed by atoms with E-state index in [0.717, 1.165) is 10.6 Å². The Balaban J connectivity index is 2.81. The molecule has 0 aromatic heterocycles. The van der Waals surface area contributed by atoms with Crippen molar-refractivity contribution in [2.45, 2.75) is 6.92 Å². The van der Waals surface area contributed by atoms with Gasteiger partial charge in [0, 0.05) is 16.8 Å². The molecule has 8 heteroatoms. The fourth-order valence-electron chi connectivity index (χ4n) is 1.23. The fraction of sp³-hybridized carbons (Fsp3) is 0.250. The van der Waals surface area contributed by atoms with Crippen LogP contribution in [0, 0.1) is 0 Å². The van der Waals surface area contributed by atoms with Crippen LogP contribution in [-0.4, -0.2) is 19.7 Å². The zero-order valence-electron chi connectivity index (χ0n) is 10.8. The van der Waals surface area contributed by atoms with Gasteiger partial charge in [0.25, 0.3) is 0 Å². The molecule has 1 aromatic carbocycles. The van der Waals surface area contributed by atoms with Crippen molar-refractivity contribution in [2.75, 3.05) is 18.2 Å². The highest BCUT2D eigenvalue weighted by atomic mass is 35.5. The molecule has 1 aromatic rings. The van der Waals surface area contributed by atoms with Crippen molar-refractivity contribution < 1.29 is 14.3 Å². The van der Waals surface area contributed by atoms with Crippen molar-refractivity contribution in [1.29, 1.82) is 0 Å². The van der Waals surface area contributed by atoms with E-state index in [0.29, 0.717) is 15.7 Å². The van der Waals surface area contributed by atoms with Crippen LogP contribution in [0.2, 0.25) is 10.0 Å². The minimum absolute atomic E-state index is 0.101. The lowest BCUT2D eigenvalue weighted by atomic mass is 10.3. The average molecular weight is 340 g/mol. The van der Waals surface area contributed by atoms with Crippen LogP contribution in [0.5, 0.6) is 0 Å². The summed E-state index contributed by atoms with van der Waals surface area (Å²) in [5.74, 6) is -0.450. The van der Waals surface area contributed by atoms with Gasteiger partial charge in [-0.3, -0.25) is 5.43 Å². The highest BCUT2D eigenvalue weighted by molar-refractivity contribution is 6.38. The Bertz CT molecular complexity index is 509. The number of nitrogens with one attached hydrogen (secondary N) is 1. The smallest absolute Gasteiger partial charge is 0.336 e. The van der Waals surface area contributed by atoms with Crippen molar-refractivity contribution in [1.82, 2.24) is 5.43 Å². The molecule has 1 rings (SSSR count). The molecule has 0 atom stereocenters. The average Bonchev–Trinajstić information content (AvgIpc) is 2.37. The standard InChI is InChI=1S/C12H13Cl3N2O3/c1-3-20-12(18)7-11(19-2)16-17(15)10-5-4-8(13)6-9(10)14/h4-7,16H,3H2,1-2H3. The number of anilines is 1. The number of halogens is 3. The maximum absolute atomic E-state index is 11.3. The number of carbonyl (C=O) groups excluding carboxylic acids is 1. The van der Waals surface area contributed by atoms with Crippen molar-refractivity contribution in [2.24, 2.45) is 0 Å². The number of rotatable bonds is 6. The van der Waals surface area contributed by atoms with E-state index in [1.165, 1.54) is 13.2 Å². The van der Waals surface area contributed by atoms with E-state index in [9.17, 15) is 4.79 Å². The van der Waals surface area contributed by atoms with Crippen molar-refractivity contribution in [3.63, 3.8) is 0 Å². The Labute approximate surface area is 132 Å². The van der Waals surface area contributed by atoms with Gasteiger partial charge >= 0.3 is 5.97 Å². The summed E-state index contributed by atoms with van der Waals surface area (Å²) in [6.45, 7) is 1.97. The van der Waals surface area contributed by atoms with Gasteiger partial charge in [0.2, 0.25) is 5.88 Å². The molecule has 0 bridgehead atoms. The van der Waals surface area contributed by atoms with Gasteiger partial charge in [-0.2, -0.15) is 4.53 Å². The van der Waals surface area contributed by atoms with E-state index in [4.69, 9.17) is 44.5 Å². The van der Waals surface area contributed by atoms with Crippen molar-refractivity contribution >= 4 is 46.6 Å². The lowest BCUT2D eigenvalue weighted by Crippen LogP contribution is -2.30. The summed E-state index contributed by atoms with van der Waals surface area (Å²) in [7, 11) is 1.38. The lowest BCUT2D eigenvalue weighted by molar-refractivity contribution is -0.137. The molecule has 0 saturated heterocycles. The van der Waals surface area contributed by atoms with Crippen LogP contribution in [0.25, 0.3) is 0 Å². The second kappa shape index (κ2) is 8.09. The number of benzene rings is 1. The van der Waals surface area contributed by atoms with Gasteiger partial charge in [0.1, 0.15) is 0 Å². The number of methoxy groups -OCH3 is 1. The maximum atomic E-state index is 11.3. The molecule has 20 heavy (non-hydrogen) atoms. The molecule has 0 amide bonds. The summed E-state index contributed by atoms with van der Waals surface area (Å²) in [5, 5.41) is 0.824. The molecule has 0 fully saturated rings. The predicted octanol–water partition coefficient (Wildman–Crippen LogP) is 3.51. The van der Waals surface area contributed by atoms with E-state index in [1.807, 2.05) is 0 Å². The largest absolute Gasteiger partial charge is 0.481 e. The molecule has 110 valence electrons. The van der Waals surface area contributed by atoms with Gasteiger partial charge in [0.15, 0.2) is 0 Å². The molecule has 0 radical (unpaired) electrons. The monoisotopic (exact) mass is 338 g/mol. The number of hydrogen-bond acceptors (Lipinski definition) is 5. The topological polar surface area (TPSA) is 50.8 Å². The summed E-state index contributed by atoms with van der Waals surface area (Å²) in [4.78, 5) is 11.3. The lowest BCUT2D eigenvalue weighted by Gasteiger charge is -2.20. The second-order valence-corrected chi connectivity index (χ2v) is 4.63. The Morgan fingerprint density at radius 2 is 2.15 bits per heavy atom. The zero-order chi connectivity index (χ0) is 15.1. The molecule has 1 N–H and O–H groups in total. The third-order valence-electron chi connectivity index (χ3n) is 2.09. The number of ether oxygens (including phenoxy) is 2. The Hall–Kier alpha value is -1.30. The van der Waals surface area contributed by atoms with Crippen molar-refractivity contribution in [3.8, 4) is 0 Å². The molecule has 0 aliphatic carbocycles. The van der Waals surface area contributed by atoms with Crippen LogP contribution in [-0.2, 0) is 14.3 Å². The Morgan fingerprint density at radius 3 is 2.70 bits per heavy atom. The van der Waals surface area contributed by atoms with E-state index in [-0.39, 0.29) is 12.5 Å². The Morgan fingerprint density at radius 1 is 1.45 bits per heavy atom. The molecule has 0 spiro atoms. The third-order valence-corrected chi connectivity index (χ3v) is 2.89. The SMILES string of the molecule is CCOC(=O)C=C(NN(Cl)c1ccc(Cl)cc1Cl)OC. The summed E-state index contributed by atoms with van der Waals surface area (Å²) in [5.41, 5.74) is 3.09. The van der Waals surface area contributed by atoms with Crippen LogP contribution in [0.3, 0.4) is 0 Å². The second-order valence-electron chi connectivity index (χ2n) is 3.45. The number of hydrazine groups is 1. The van der Waals surface area contributed by atoms with Gasteiger partial charge < -0.3 is 9.47 Å². The molecular formula is C12H13Cl3N2O3. The highest BCUT2D eigenvalue weighted by Gasteiger charge is 2.11. The van der Waals surface area contributed by atoms with Gasteiger partial charge in [-0.15, -0.1) is 0 Å². The van der Waals surface area contributed by atoms with Gasteiger partial charge in [0.05, 0.1) is 30.5 Å². The molecular weight excluding hydrogens is 327 g/mol. The molecule has 0 heterocycles. The van der Waals surface area contributed by atoms with Crippen LogP contribution in [0.4, 0.5) is 5.69 Å². The quantitative estimate of drug-likeness (QED) is 0.283. The maximum Gasteiger partial charge on any atom is 0.336 e. The molecule has 0 aliphatic heterocycles. The first-order valence-corrected chi connectivity index (χ1v) is 6.67. The highest BCUT2D eigenvalue weighted by Crippen LogP contribution is 2.29. The molecule has 0 unspecified atom stereocenters. The van der Waals surface area contributed by atoms with E-state index >= 15 is 0 Å². The number of nitrogens with zero attached hydrogens (tertiary/aromatic N) is 1. The van der Waals surface area contributed by atoms with Crippen LogP contribution in [0.15, 0.2) is 30.2 Å². The van der Waals surface area contributed by atoms with Gasteiger partial charge in [-0.1, -0.05) is 23.2 Å². The van der Waals surface area contributed by atoms with Crippen LogP contribution < -0.4 is 9.95 Å². The number of carbonyl (C=O) groups is 1.